The zero-order valence-corrected chi connectivity index (χ0v) is 14.8. The molecule has 0 radical (unpaired) electrons. The highest BCUT2D eigenvalue weighted by Gasteiger charge is 2.25. The second-order valence-electron chi connectivity index (χ2n) is 4.74. The quantitative estimate of drug-likeness (QED) is 0.717. The van der Waals surface area contributed by atoms with Crippen LogP contribution in [0.25, 0.3) is 0 Å². The molecule has 0 bridgehead atoms. The predicted octanol–water partition coefficient (Wildman–Crippen LogP) is 3.36. The van der Waals surface area contributed by atoms with Gasteiger partial charge in [0.05, 0.1) is 4.90 Å². The van der Waals surface area contributed by atoms with Gasteiger partial charge in [-0.05, 0) is 42.9 Å². The third-order valence-electron chi connectivity index (χ3n) is 3.41. The summed E-state index contributed by atoms with van der Waals surface area (Å²) in [5.74, 6) is 1.10. The van der Waals surface area contributed by atoms with Gasteiger partial charge in [0.2, 0.25) is 10.0 Å². The van der Waals surface area contributed by atoms with E-state index < -0.39 is 10.0 Å². The molecule has 20 heavy (non-hydrogen) atoms. The highest BCUT2D eigenvalue weighted by atomic mass is 35.5. The number of hydrogen-bond donors (Lipinski definition) is 0. The van der Waals surface area contributed by atoms with Crippen molar-refractivity contribution in [2.75, 3.05) is 19.1 Å². The van der Waals surface area contributed by atoms with Gasteiger partial charge >= 0.3 is 0 Å². The molecule has 0 aliphatic rings. The zero-order valence-electron chi connectivity index (χ0n) is 12.4. The maximum atomic E-state index is 12.6. The molecule has 0 saturated heterocycles. The Morgan fingerprint density at radius 2 is 2.00 bits per heavy atom. The Balaban J connectivity index is 3.15. The van der Waals surface area contributed by atoms with E-state index in [1.54, 1.807) is 30.9 Å². The lowest BCUT2D eigenvalue weighted by Gasteiger charge is -2.24. The third kappa shape index (κ3) is 3.91. The average molecular weight is 336 g/mol. The number of benzene rings is 1. The number of rotatable bonds is 7. The highest BCUT2D eigenvalue weighted by Crippen LogP contribution is 2.22. The van der Waals surface area contributed by atoms with Crippen molar-refractivity contribution in [3.05, 3.63) is 29.3 Å². The van der Waals surface area contributed by atoms with E-state index in [1.807, 2.05) is 26.2 Å². The van der Waals surface area contributed by atoms with Gasteiger partial charge in [-0.2, -0.15) is 16.1 Å². The molecule has 6 heteroatoms. The van der Waals surface area contributed by atoms with Crippen molar-refractivity contribution < 1.29 is 8.42 Å². The van der Waals surface area contributed by atoms with E-state index in [-0.39, 0.29) is 6.04 Å². The van der Waals surface area contributed by atoms with E-state index in [1.165, 1.54) is 4.31 Å². The fraction of sp³-hybridized carbons (Fsp3) is 0.571. The standard InChI is InChI=1S/C14H22ClNO2S2/c1-5-12-6-7-14(8-13(12)9-15)20(17,18)16(3)11(2)10-19-4/h6-8,11H,5,9-10H2,1-4H3. The van der Waals surface area contributed by atoms with E-state index in [4.69, 9.17) is 11.6 Å². The minimum atomic E-state index is -3.46. The monoisotopic (exact) mass is 335 g/mol. The molecular weight excluding hydrogens is 314 g/mol. The van der Waals surface area contributed by atoms with E-state index >= 15 is 0 Å². The number of nitrogens with zero attached hydrogens (tertiary/aromatic N) is 1. The van der Waals surface area contributed by atoms with Gasteiger partial charge < -0.3 is 0 Å². The van der Waals surface area contributed by atoms with E-state index in [2.05, 4.69) is 0 Å². The molecule has 0 amide bonds. The van der Waals surface area contributed by atoms with Crippen LogP contribution in [-0.4, -0.2) is 37.8 Å². The third-order valence-corrected chi connectivity index (χ3v) is 6.48. The molecular formula is C14H22ClNO2S2. The Labute approximate surface area is 131 Å². The Morgan fingerprint density at radius 1 is 1.35 bits per heavy atom. The van der Waals surface area contributed by atoms with Gasteiger partial charge in [0.1, 0.15) is 0 Å². The van der Waals surface area contributed by atoms with Gasteiger partial charge in [-0.25, -0.2) is 8.42 Å². The van der Waals surface area contributed by atoms with Gasteiger partial charge in [0.25, 0.3) is 0 Å². The van der Waals surface area contributed by atoms with E-state index in [0.717, 1.165) is 23.3 Å². The van der Waals surface area contributed by atoms with Crippen molar-refractivity contribution in [3.63, 3.8) is 0 Å². The predicted molar refractivity (Wildman–Crippen MR) is 88.2 cm³/mol. The molecule has 1 rings (SSSR count). The number of sulfonamides is 1. The van der Waals surface area contributed by atoms with Crippen molar-refractivity contribution in [1.29, 1.82) is 0 Å². The fourth-order valence-electron chi connectivity index (χ4n) is 1.98. The SMILES string of the molecule is CCc1ccc(S(=O)(=O)N(C)C(C)CSC)cc1CCl. The second kappa shape index (κ2) is 7.69. The van der Waals surface area contributed by atoms with Crippen LogP contribution in [0.1, 0.15) is 25.0 Å². The Kier molecular flexibility index (Phi) is 6.85. The number of halogens is 1. The molecule has 1 atom stereocenters. The summed E-state index contributed by atoms with van der Waals surface area (Å²) >= 11 is 7.55. The molecule has 0 spiro atoms. The number of hydrogen-bond acceptors (Lipinski definition) is 3. The van der Waals surface area contributed by atoms with Gasteiger partial charge in [0, 0.05) is 24.7 Å². The lowest BCUT2D eigenvalue weighted by molar-refractivity contribution is 0.415. The Morgan fingerprint density at radius 3 is 2.50 bits per heavy atom. The first-order valence-electron chi connectivity index (χ1n) is 6.53. The minimum absolute atomic E-state index is 0.0414. The van der Waals surface area contributed by atoms with Crippen molar-refractivity contribution in [2.45, 2.75) is 37.1 Å². The fourth-order valence-corrected chi connectivity index (χ4v) is 4.44. The van der Waals surface area contributed by atoms with Gasteiger partial charge in [-0.15, -0.1) is 11.6 Å². The largest absolute Gasteiger partial charge is 0.243 e. The molecule has 0 aromatic heterocycles. The normalized spacial score (nSPS) is 13.7. The van der Waals surface area contributed by atoms with Crippen molar-refractivity contribution in [3.8, 4) is 0 Å². The lowest BCUT2D eigenvalue weighted by Crippen LogP contribution is -2.36. The van der Waals surface area contributed by atoms with Gasteiger partial charge in [-0.3, -0.25) is 0 Å². The zero-order chi connectivity index (χ0) is 15.3. The first kappa shape index (κ1) is 17.8. The first-order chi connectivity index (χ1) is 9.38. The molecule has 0 fully saturated rings. The van der Waals surface area contributed by atoms with Crippen LogP contribution in [0.15, 0.2) is 23.1 Å². The number of thioether (sulfide) groups is 1. The summed E-state index contributed by atoms with van der Waals surface area (Å²) in [4.78, 5) is 0.320. The summed E-state index contributed by atoms with van der Waals surface area (Å²) in [7, 11) is -1.83. The summed E-state index contributed by atoms with van der Waals surface area (Å²) in [5, 5.41) is 0. The second-order valence-corrected chi connectivity index (χ2v) is 7.92. The van der Waals surface area contributed by atoms with E-state index in [9.17, 15) is 8.42 Å². The molecule has 1 aromatic carbocycles. The number of alkyl halides is 1. The topological polar surface area (TPSA) is 37.4 Å². The summed E-state index contributed by atoms with van der Waals surface area (Å²) < 4.78 is 26.6. The number of aryl methyl sites for hydroxylation is 1. The minimum Gasteiger partial charge on any atom is -0.207 e. The van der Waals surface area contributed by atoms with Crippen LogP contribution >= 0.6 is 23.4 Å². The molecule has 3 nitrogen and oxygen atoms in total. The summed E-state index contributed by atoms with van der Waals surface area (Å²) in [5.41, 5.74) is 1.99. The lowest BCUT2D eigenvalue weighted by atomic mass is 10.1. The molecule has 0 aliphatic carbocycles. The van der Waals surface area contributed by atoms with Crippen molar-refractivity contribution in [1.82, 2.24) is 4.31 Å². The molecule has 0 heterocycles. The molecule has 1 aromatic rings. The van der Waals surface area contributed by atoms with Crippen LogP contribution in [0.2, 0.25) is 0 Å². The smallest absolute Gasteiger partial charge is 0.207 e. The average Bonchev–Trinajstić information content (AvgIpc) is 2.45. The van der Waals surface area contributed by atoms with Crippen LogP contribution in [0, 0.1) is 0 Å². The molecule has 1 unspecified atom stereocenters. The van der Waals surface area contributed by atoms with E-state index in [0.29, 0.717) is 10.8 Å². The van der Waals surface area contributed by atoms with Crippen molar-refractivity contribution >= 4 is 33.4 Å². The van der Waals surface area contributed by atoms with Crippen LogP contribution in [-0.2, 0) is 22.3 Å². The van der Waals surface area contributed by atoms with Gasteiger partial charge in [0.15, 0.2) is 0 Å². The molecule has 0 N–H and O–H groups in total. The summed E-state index contributed by atoms with van der Waals surface area (Å²) in [6.07, 6.45) is 2.82. The molecule has 0 aliphatic heterocycles. The van der Waals surface area contributed by atoms with Gasteiger partial charge in [-0.1, -0.05) is 13.0 Å². The van der Waals surface area contributed by atoms with Crippen LogP contribution in [0.4, 0.5) is 0 Å². The van der Waals surface area contributed by atoms with Crippen LogP contribution < -0.4 is 0 Å². The molecule has 114 valence electrons. The molecule has 0 saturated carbocycles. The van der Waals surface area contributed by atoms with Crippen LogP contribution in [0.5, 0.6) is 0 Å². The van der Waals surface area contributed by atoms with Crippen molar-refractivity contribution in [2.24, 2.45) is 0 Å². The maximum Gasteiger partial charge on any atom is 0.243 e. The summed E-state index contributed by atoms with van der Waals surface area (Å²) in [6.45, 7) is 3.95. The highest BCUT2D eigenvalue weighted by molar-refractivity contribution is 7.98. The van der Waals surface area contributed by atoms with Crippen LogP contribution in [0.3, 0.4) is 0 Å². The Hall–Kier alpha value is -0.230. The maximum absolute atomic E-state index is 12.6. The Bertz CT molecular complexity index is 546. The first-order valence-corrected chi connectivity index (χ1v) is 9.90. The summed E-state index contributed by atoms with van der Waals surface area (Å²) in [6, 6.07) is 5.19.